The van der Waals surface area contributed by atoms with Gasteiger partial charge in [0.1, 0.15) is 17.8 Å². The molecule has 0 atom stereocenters. The monoisotopic (exact) mass is 407 g/mol. The summed E-state index contributed by atoms with van der Waals surface area (Å²) in [6.07, 6.45) is 6.28. The molecule has 3 heterocycles. The second-order valence-electron chi connectivity index (χ2n) is 7.73. The predicted octanol–water partition coefficient (Wildman–Crippen LogP) is 3.08. The van der Waals surface area contributed by atoms with Crippen LogP contribution in [0.5, 0.6) is 0 Å². The van der Waals surface area contributed by atoms with Crippen molar-refractivity contribution in [1.82, 2.24) is 29.9 Å². The van der Waals surface area contributed by atoms with Gasteiger partial charge in [0.2, 0.25) is 0 Å². The Morgan fingerprint density at radius 1 is 1.13 bits per heavy atom. The Morgan fingerprint density at radius 3 is 2.77 bits per heavy atom. The van der Waals surface area contributed by atoms with Crippen LogP contribution in [0.1, 0.15) is 19.3 Å². The van der Waals surface area contributed by atoms with Crippen molar-refractivity contribution in [3.8, 4) is 34.7 Å². The second-order valence-corrected chi connectivity index (χ2v) is 7.73. The Bertz CT molecular complexity index is 1370. The number of rotatable bonds is 4. The second kappa shape index (κ2) is 7.15. The lowest BCUT2D eigenvalue weighted by atomic mass is 9.68. The first-order valence-corrected chi connectivity index (χ1v) is 9.78. The van der Waals surface area contributed by atoms with Crippen LogP contribution in [0.3, 0.4) is 0 Å². The summed E-state index contributed by atoms with van der Waals surface area (Å²) in [6.45, 7) is 0. The lowest BCUT2D eigenvalue weighted by Gasteiger charge is -2.42. The summed E-state index contributed by atoms with van der Waals surface area (Å²) in [5.74, 6) is 0.313. The van der Waals surface area contributed by atoms with Gasteiger partial charge in [-0.05, 0) is 31.0 Å². The SMILES string of the molecule is N#CCC1(n2ncc(-c3cc(-c4cc(N)ncn4)cc4ncccc34)n2)CC(C#N)C1. The minimum atomic E-state index is -0.528. The van der Waals surface area contributed by atoms with Crippen LogP contribution in [0.2, 0.25) is 0 Å². The molecule has 31 heavy (non-hydrogen) atoms. The van der Waals surface area contributed by atoms with Gasteiger partial charge < -0.3 is 5.73 Å². The van der Waals surface area contributed by atoms with Crippen molar-refractivity contribution >= 4 is 16.7 Å². The van der Waals surface area contributed by atoms with Gasteiger partial charge in [0.15, 0.2) is 0 Å². The van der Waals surface area contributed by atoms with Gasteiger partial charge in [-0.1, -0.05) is 6.07 Å². The molecule has 1 aliphatic carbocycles. The van der Waals surface area contributed by atoms with Crippen molar-refractivity contribution in [1.29, 1.82) is 10.5 Å². The van der Waals surface area contributed by atoms with Crippen LogP contribution in [0.15, 0.2) is 49.1 Å². The van der Waals surface area contributed by atoms with Crippen LogP contribution < -0.4 is 5.73 Å². The third-order valence-electron chi connectivity index (χ3n) is 5.74. The van der Waals surface area contributed by atoms with Crippen molar-refractivity contribution in [3.05, 3.63) is 49.1 Å². The van der Waals surface area contributed by atoms with E-state index in [1.165, 1.54) is 6.33 Å². The molecule has 1 aromatic carbocycles. The van der Waals surface area contributed by atoms with Crippen molar-refractivity contribution < 1.29 is 0 Å². The van der Waals surface area contributed by atoms with E-state index in [-0.39, 0.29) is 12.3 Å². The summed E-state index contributed by atoms with van der Waals surface area (Å²) >= 11 is 0. The van der Waals surface area contributed by atoms with E-state index in [0.717, 1.165) is 22.0 Å². The average Bonchev–Trinajstić information content (AvgIpc) is 3.25. The van der Waals surface area contributed by atoms with E-state index >= 15 is 0 Å². The molecule has 9 heteroatoms. The Kier molecular flexibility index (Phi) is 4.30. The molecule has 5 rings (SSSR count). The average molecular weight is 407 g/mol. The molecule has 1 aliphatic rings. The first-order chi connectivity index (χ1) is 15.1. The smallest absolute Gasteiger partial charge is 0.127 e. The fourth-order valence-electron chi connectivity index (χ4n) is 4.16. The quantitative estimate of drug-likeness (QED) is 0.543. The molecule has 3 aromatic heterocycles. The maximum Gasteiger partial charge on any atom is 0.127 e. The maximum absolute atomic E-state index is 9.30. The molecule has 2 N–H and O–H groups in total. The third-order valence-corrected chi connectivity index (χ3v) is 5.74. The van der Waals surface area contributed by atoms with Crippen LogP contribution >= 0.6 is 0 Å². The van der Waals surface area contributed by atoms with Crippen LogP contribution in [0.25, 0.3) is 33.4 Å². The summed E-state index contributed by atoms with van der Waals surface area (Å²) < 4.78 is 0. The van der Waals surface area contributed by atoms with E-state index in [4.69, 9.17) is 10.8 Å². The number of nitrogen functional groups attached to an aromatic ring is 1. The number of aromatic nitrogens is 6. The number of pyridine rings is 1. The molecule has 1 fully saturated rings. The molecule has 4 aromatic rings. The predicted molar refractivity (Wildman–Crippen MR) is 113 cm³/mol. The number of nitriles is 2. The zero-order chi connectivity index (χ0) is 21.4. The van der Waals surface area contributed by atoms with Gasteiger partial charge >= 0.3 is 0 Å². The molecule has 150 valence electrons. The summed E-state index contributed by atoms with van der Waals surface area (Å²) in [7, 11) is 0. The number of nitrogens with zero attached hydrogens (tertiary/aromatic N) is 8. The van der Waals surface area contributed by atoms with Crippen LogP contribution in [0.4, 0.5) is 5.82 Å². The largest absolute Gasteiger partial charge is 0.384 e. The van der Waals surface area contributed by atoms with Crippen LogP contribution in [-0.2, 0) is 5.54 Å². The van der Waals surface area contributed by atoms with E-state index in [2.05, 4.69) is 32.2 Å². The highest BCUT2D eigenvalue weighted by atomic mass is 15.5. The van der Waals surface area contributed by atoms with Crippen LogP contribution in [-0.4, -0.2) is 29.9 Å². The molecule has 9 nitrogen and oxygen atoms in total. The number of benzene rings is 1. The standard InChI is InChI=1S/C22H17N9/c23-4-3-22(9-14(10-22)11-24)31-29-12-20(30-31)17-6-15(18-8-21(25)28-13-27-18)7-19-16(17)2-1-5-26-19/h1-2,5-8,12-14H,3,9-10H2,(H2,25,27,28). The zero-order valence-corrected chi connectivity index (χ0v) is 16.5. The van der Waals surface area contributed by atoms with Crippen molar-refractivity contribution in [2.24, 2.45) is 5.92 Å². The van der Waals surface area contributed by atoms with Crippen LogP contribution in [0, 0.1) is 28.6 Å². The van der Waals surface area contributed by atoms with E-state index in [1.807, 2.05) is 24.3 Å². The third kappa shape index (κ3) is 3.13. The molecular weight excluding hydrogens is 390 g/mol. The first kappa shape index (κ1) is 18.6. The number of hydrogen-bond acceptors (Lipinski definition) is 8. The number of nitrogens with two attached hydrogens (primary N) is 1. The summed E-state index contributed by atoms with van der Waals surface area (Å²) in [6, 6.07) is 14.0. The molecule has 0 radical (unpaired) electrons. The molecule has 0 saturated heterocycles. The van der Waals surface area contributed by atoms with Gasteiger partial charge in [-0.2, -0.15) is 25.5 Å². The summed E-state index contributed by atoms with van der Waals surface area (Å²) in [5.41, 5.74) is 9.15. The highest BCUT2D eigenvalue weighted by molar-refractivity contribution is 5.96. The Hall–Kier alpha value is -4.37. The molecular formula is C22H17N9. The summed E-state index contributed by atoms with van der Waals surface area (Å²) in [4.78, 5) is 14.4. The fourth-order valence-corrected chi connectivity index (χ4v) is 4.16. The minimum absolute atomic E-state index is 0.0700. The Balaban J connectivity index is 1.63. The highest BCUT2D eigenvalue weighted by Gasteiger charge is 2.48. The van der Waals surface area contributed by atoms with E-state index < -0.39 is 5.54 Å². The van der Waals surface area contributed by atoms with Gasteiger partial charge in [0.05, 0.1) is 47.4 Å². The topological polar surface area (TPSA) is 143 Å². The maximum atomic E-state index is 9.30. The van der Waals surface area contributed by atoms with Crippen molar-refractivity contribution in [2.45, 2.75) is 24.8 Å². The van der Waals surface area contributed by atoms with Gasteiger partial charge in [-0.3, -0.25) is 4.98 Å². The molecule has 0 spiro atoms. The molecule has 0 unspecified atom stereocenters. The number of hydrogen-bond donors (Lipinski definition) is 1. The zero-order valence-electron chi connectivity index (χ0n) is 16.5. The summed E-state index contributed by atoms with van der Waals surface area (Å²) in [5, 5.41) is 28.6. The normalized spacial score (nSPS) is 20.0. The van der Waals surface area contributed by atoms with Gasteiger partial charge in [-0.15, -0.1) is 0 Å². The highest BCUT2D eigenvalue weighted by Crippen LogP contribution is 2.45. The fraction of sp³-hybridized carbons (Fsp3) is 0.227. The molecule has 0 bridgehead atoms. The molecule has 0 amide bonds. The molecule has 0 aliphatic heterocycles. The molecule has 1 saturated carbocycles. The van der Waals surface area contributed by atoms with Crippen molar-refractivity contribution in [2.75, 3.05) is 5.73 Å². The lowest BCUT2D eigenvalue weighted by molar-refractivity contribution is 0.0713. The first-order valence-electron chi connectivity index (χ1n) is 9.78. The van der Waals surface area contributed by atoms with Gasteiger partial charge in [0.25, 0.3) is 0 Å². The minimum Gasteiger partial charge on any atom is -0.384 e. The van der Waals surface area contributed by atoms with E-state index in [9.17, 15) is 10.5 Å². The lowest BCUT2D eigenvalue weighted by Crippen LogP contribution is -2.47. The van der Waals surface area contributed by atoms with E-state index in [1.54, 1.807) is 23.3 Å². The number of anilines is 1. The Labute approximate surface area is 177 Å². The van der Waals surface area contributed by atoms with E-state index in [0.29, 0.717) is 30.0 Å². The Morgan fingerprint density at radius 2 is 2.00 bits per heavy atom. The number of fused-ring (bicyclic) bond motifs is 1. The van der Waals surface area contributed by atoms with Gasteiger partial charge in [-0.25, -0.2) is 9.97 Å². The van der Waals surface area contributed by atoms with Gasteiger partial charge in [0, 0.05) is 28.8 Å². The van der Waals surface area contributed by atoms with Crippen molar-refractivity contribution in [3.63, 3.8) is 0 Å².